The van der Waals surface area contributed by atoms with Crippen LogP contribution in [-0.4, -0.2) is 49.3 Å². The molecule has 0 radical (unpaired) electrons. The SMILES string of the molecule is CN(C)C(=O)CN(C)C(=O)C(N)c1ccccc1.Cl. The van der Waals surface area contributed by atoms with E-state index < -0.39 is 6.04 Å². The number of nitrogens with zero attached hydrogens (tertiary/aromatic N) is 2. The van der Waals surface area contributed by atoms with Crippen LogP contribution in [0.2, 0.25) is 0 Å². The first-order chi connectivity index (χ1) is 8.43. The number of hydrogen-bond acceptors (Lipinski definition) is 3. The maximum absolute atomic E-state index is 12.0. The van der Waals surface area contributed by atoms with Gasteiger partial charge in [0.15, 0.2) is 0 Å². The molecule has 2 N–H and O–H groups in total. The number of benzene rings is 1. The summed E-state index contributed by atoms with van der Waals surface area (Å²) < 4.78 is 0. The fourth-order valence-corrected chi connectivity index (χ4v) is 1.46. The highest BCUT2D eigenvalue weighted by atomic mass is 35.5. The zero-order valence-electron chi connectivity index (χ0n) is 11.4. The molecule has 0 saturated carbocycles. The molecule has 0 spiro atoms. The first-order valence-electron chi connectivity index (χ1n) is 5.69. The zero-order chi connectivity index (χ0) is 13.7. The molecule has 6 heteroatoms. The van der Waals surface area contributed by atoms with Gasteiger partial charge in [-0.25, -0.2) is 0 Å². The molecular formula is C13H20ClN3O2. The third kappa shape index (κ3) is 4.89. The predicted molar refractivity (Wildman–Crippen MR) is 76.9 cm³/mol. The molecular weight excluding hydrogens is 266 g/mol. The monoisotopic (exact) mass is 285 g/mol. The van der Waals surface area contributed by atoms with Crippen molar-refractivity contribution in [3.05, 3.63) is 35.9 Å². The van der Waals surface area contributed by atoms with Gasteiger partial charge in [0.05, 0.1) is 6.54 Å². The average Bonchev–Trinajstić information content (AvgIpc) is 2.37. The summed E-state index contributed by atoms with van der Waals surface area (Å²) in [5, 5.41) is 0. The highest BCUT2D eigenvalue weighted by molar-refractivity contribution is 5.87. The number of halogens is 1. The first kappa shape index (κ1) is 17.4. The van der Waals surface area contributed by atoms with Crippen molar-refractivity contribution in [2.24, 2.45) is 5.73 Å². The van der Waals surface area contributed by atoms with E-state index in [-0.39, 0.29) is 30.8 Å². The van der Waals surface area contributed by atoms with Crippen LogP contribution in [0.3, 0.4) is 0 Å². The molecule has 19 heavy (non-hydrogen) atoms. The standard InChI is InChI=1S/C13H19N3O2.ClH/c1-15(2)11(17)9-16(3)13(18)12(14)10-7-5-4-6-8-10;/h4-8,12H,9,14H2,1-3H3;1H. The molecule has 0 saturated heterocycles. The lowest BCUT2D eigenvalue weighted by atomic mass is 10.1. The van der Waals surface area contributed by atoms with Crippen LogP contribution in [0.1, 0.15) is 11.6 Å². The second kappa shape index (κ2) is 7.76. The Balaban J connectivity index is 0.00000324. The molecule has 1 atom stereocenters. The van der Waals surface area contributed by atoms with Gasteiger partial charge in [0.25, 0.3) is 0 Å². The second-order valence-corrected chi connectivity index (χ2v) is 4.37. The van der Waals surface area contributed by atoms with Gasteiger partial charge in [-0.15, -0.1) is 12.4 Å². The number of carbonyl (C=O) groups excluding carboxylic acids is 2. The predicted octanol–water partition coefficient (Wildman–Crippen LogP) is 0.655. The molecule has 5 nitrogen and oxygen atoms in total. The largest absolute Gasteiger partial charge is 0.347 e. The molecule has 1 rings (SSSR count). The Hall–Kier alpha value is -1.59. The summed E-state index contributed by atoms with van der Waals surface area (Å²) in [7, 11) is 4.88. The molecule has 0 aromatic heterocycles. The number of likely N-dealkylation sites (N-methyl/N-ethyl adjacent to an activating group) is 2. The fraction of sp³-hybridized carbons (Fsp3) is 0.385. The highest BCUT2D eigenvalue weighted by Gasteiger charge is 2.21. The highest BCUT2D eigenvalue weighted by Crippen LogP contribution is 2.11. The second-order valence-electron chi connectivity index (χ2n) is 4.37. The van der Waals surface area contributed by atoms with E-state index in [0.29, 0.717) is 0 Å². The Bertz CT molecular complexity index is 423. The minimum absolute atomic E-state index is 0. The van der Waals surface area contributed by atoms with Crippen molar-refractivity contribution in [2.75, 3.05) is 27.7 Å². The summed E-state index contributed by atoms with van der Waals surface area (Å²) in [4.78, 5) is 26.3. The van der Waals surface area contributed by atoms with E-state index in [0.717, 1.165) is 5.56 Å². The summed E-state index contributed by atoms with van der Waals surface area (Å²) in [5.41, 5.74) is 6.62. The lowest BCUT2D eigenvalue weighted by Crippen LogP contribution is -2.41. The Labute approximate surface area is 119 Å². The number of nitrogens with two attached hydrogens (primary N) is 1. The van der Waals surface area contributed by atoms with Crippen molar-refractivity contribution in [3.8, 4) is 0 Å². The summed E-state index contributed by atoms with van der Waals surface area (Å²) in [6.45, 7) is 0.0341. The molecule has 1 aromatic rings. The van der Waals surface area contributed by atoms with Crippen molar-refractivity contribution >= 4 is 24.2 Å². The minimum Gasteiger partial charge on any atom is -0.347 e. The van der Waals surface area contributed by atoms with Crippen molar-refractivity contribution in [1.82, 2.24) is 9.80 Å². The normalized spacial score (nSPS) is 11.2. The Kier molecular flexibility index (Phi) is 7.11. The lowest BCUT2D eigenvalue weighted by molar-refractivity contribution is -0.138. The van der Waals surface area contributed by atoms with E-state index in [9.17, 15) is 9.59 Å². The van der Waals surface area contributed by atoms with Crippen LogP contribution >= 0.6 is 12.4 Å². The van der Waals surface area contributed by atoms with Gasteiger partial charge in [-0.1, -0.05) is 30.3 Å². The van der Waals surface area contributed by atoms with Crippen molar-refractivity contribution in [2.45, 2.75) is 6.04 Å². The van der Waals surface area contributed by atoms with Crippen LogP contribution in [0.15, 0.2) is 30.3 Å². The van der Waals surface area contributed by atoms with Crippen LogP contribution in [-0.2, 0) is 9.59 Å². The molecule has 0 aliphatic rings. The van der Waals surface area contributed by atoms with Gasteiger partial charge in [0.2, 0.25) is 11.8 Å². The third-order valence-corrected chi connectivity index (χ3v) is 2.67. The molecule has 0 heterocycles. The Morgan fingerprint density at radius 1 is 1.16 bits per heavy atom. The Morgan fingerprint density at radius 3 is 2.16 bits per heavy atom. The maximum Gasteiger partial charge on any atom is 0.244 e. The van der Waals surface area contributed by atoms with E-state index in [4.69, 9.17) is 5.73 Å². The van der Waals surface area contributed by atoms with Gasteiger partial charge < -0.3 is 15.5 Å². The summed E-state index contributed by atoms with van der Waals surface area (Å²) in [5.74, 6) is -0.400. The van der Waals surface area contributed by atoms with E-state index in [1.54, 1.807) is 33.3 Å². The van der Waals surface area contributed by atoms with Gasteiger partial charge in [0.1, 0.15) is 6.04 Å². The van der Waals surface area contributed by atoms with Crippen molar-refractivity contribution in [3.63, 3.8) is 0 Å². The Morgan fingerprint density at radius 2 is 1.68 bits per heavy atom. The van der Waals surface area contributed by atoms with Crippen LogP contribution in [0, 0.1) is 0 Å². The van der Waals surface area contributed by atoms with Gasteiger partial charge in [0, 0.05) is 21.1 Å². The third-order valence-electron chi connectivity index (χ3n) is 2.67. The minimum atomic E-state index is -0.730. The van der Waals surface area contributed by atoms with Gasteiger partial charge >= 0.3 is 0 Å². The van der Waals surface area contributed by atoms with E-state index >= 15 is 0 Å². The van der Waals surface area contributed by atoms with Crippen molar-refractivity contribution < 1.29 is 9.59 Å². The number of carbonyl (C=O) groups is 2. The van der Waals surface area contributed by atoms with Crippen LogP contribution in [0.4, 0.5) is 0 Å². The molecule has 0 aliphatic heterocycles. The van der Waals surface area contributed by atoms with Gasteiger partial charge in [-0.2, -0.15) is 0 Å². The summed E-state index contributed by atoms with van der Waals surface area (Å²) in [6, 6.07) is 8.38. The summed E-state index contributed by atoms with van der Waals surface area (Å²) in [6.07, 6.45) is 0. The fourth-order valence-electron chi connectivity index (χ4n) is 1.46. The van der Waals surface area contributed by atoms with Crippen LogP contribution < -0.4 is 5.73 Å². The lowest BCUT2D eigenvalue weighted by Gasteiger charge is -2.22. The number of amides is 2. The molecule has 0 bridgehead atoms. The zero-order valence-corrected chi connectivity index (χ0v) is 12.2. The topological polar surface area (TPSA) is 66.6 Å². The van der Waals surface area contributed by atoms with E-state index in [2.05, 4.69) is 0 Å². The number of rotatable bonds is 4. The van der Waals surface area contributed by atoms with Crippen LogP contribution in [0.25, 0.3) is 0 Å². The molecule has 106 valence electrons. The average molecular weight is 286 g/mol. The first-order valence-corrected chi connectivity index (χ1v) is 5.69. The molecule has 1 unspecified atom stereocenters. The van der Waals surface area contributed by atoms with E-state index in [1.807, 2.05) is 18.2 Å². The molecule has 2 amide bonds. The van der Waals surface area contributed by atoms with E-state index in [1.165, 1.54) is 9.80 Å². The molecule has 0 fully saturated rings. The number of hydrogen-bond donors (Lipinski definition) is 1. The summed E-state index contributed by atoms with van der Waals surface area (Å²) >= 11 is 0. The quantitative estimate of drug-likeness (QED) is 0.883. The molecule has 1 aromatic carbocycles. The smallest absolute Gasteiger partial charge is 0.244 e. The van der Waals surface area contributed by atoms with Gasteiger partial charge in [-0.3, -0.25) is 9.59 Å². The maximum atomic E-state index is 12.0. The van der Waals surface area contributed by atoms with Crippen molar-refractivity contribution in [1.29, 1.82) is 0 Å². The van der Waals surface area contributed by atoms with Crippen LogP contribution in [0.5, 0.6) is 0 Å². The van der Waals surface area contributed by atoms with Gasteiger partial charge in [-0.05, 0) is 5.56 Å². The molecule has 0 aliphatic carbocycles.